The maximum atomic E-state index is 12.4. The molecular formula is C20H18N2O3S. The molecule has 1 fully saturated rings. The van der Waals surface area contributed by atoms with Gasteiger partial charge in [0.15, 0.2) is 6.29 Å². The second kappa shape index (κ2) is 6.90. The molecule has 1 atom stereocenters. The SMILES string of the molecule is O=Cc1c(O)ccc2cc(-c3ccc(C(=O)NC4CCNC4)s3)ccc12. The molecule has 0 saturated carbocycles. The molecule has 1 unspecified atom stereocenters. The summed E-state index contributed by atoms with van der Waals surface area (Å²) in [6.07, 6.45) is 1.63. The number of aromatic hydroxyl groups is 1. The second-order valence-corrected chi connectivity index (χ2v) is 7.46. The first-order chi connectivity index (χ1) is 12.7. The highest BCUT2D eigenvalue weighted by atomic mass is 32.1. The highest BCUT2D eigenvalue weighted by Gasteiger charge is 2.19. The summed E-state index contributed by atoms with van der Waals surface area (Å²) in [5.41, 5.74) is 1.28. The van der Waals surface area contributed by atoms with Gasteiger partial charge in [-0.3, -0.25) is 9.59 Å². The van der Waals surface area contributed by atoms with E-state index in [-0.39, 0.29) is 17.7 Å². The van der Waals surface area contributed by atoms with Crippen LogP contribution in [0.5, 0.6) is 5.75 Å². The van der Waals surface area contributed by atoms with Crippen molar-refractivity contribution in [2.24, 2.45) is 0 Å². The predicted molar refractivity (Wildman–Crippen MR) is 103 cm³/mol. The van der Waals surface area contributed by atoms with E-state index in [1.807, 2.05) is 30.3 Å². The summed E-state index contributed by atoms with van der Waals surface area (Å²) >= 11 is 1.45. The maximum absolute atomic E-state index is 12.4. The van der Waals surface area contributed by atoms with Crippen LogP contribution in [0.15, 0.2) is 42.5 Å². The number of carbonyl (C=O) groups is 2. The minimum Gasteiger partial charge on any atom is -0.507 e. The van der Waals surface area contributed by atoms with Crippen molar-refractivity contribution >= 4 is 34.3 Å². The van der Waals surface area contributed by atoms with E-state index in [9.17, 15) is 14.7 Å². The van der Waals surface area contributed by atoms with Crippen molar-refractivity contribution < 1.29 is 14.7 Å². The van der Waals surface area contributed by atoms with Crippen molar-refractivity contribution in [3.8, 4) is 16.2 Å². The standard InChI is InChI=1S/C20H18N2O3S/c23-11-16-15-3-1-13(9-12(15)2-4-17(16)24)18-5-6-19(26-18)20(25)22-14-7-8-21-10-14/h1-6,9,11,14,21,24H,7-8,10H2,(H,22,25). The van der Waals surface area contributed by atoms with Gasteiger partial charge in [0.1, 0.15) is 5.75 Å². The van der Waals surface area contributed by atoms with E-state index in [2.05, 4.69) is 10.6 Å². The van der Waals surface area contributed by atoms with Gasteiger partial charge in [-0.1, -0.05) is 18.2 Å². The van der Waals surface area contributed by atoms with Crippen molar-refractivity contribution in [3.63, 3.8) is 0 Å². The van der Waals surface area contributed by atoms with Gasteiger partial charge in [-0.05, 0) is 53.6 Å². The van der Waals surface area contributed by atoms with Crippen LogP contribution in [0.3, 0.4) is 0 Å². The summed E-state index contributed by atoms with van der Waals surface area (Å²) in [5.74, 6) is -0.0550. The molecule has 1 aromatic heterocycles. The number of nitrogens with one attached hydrogen (secondary N) is 2. The molecule has 6 heteroatoms. The lowest BCUT2D eigenvalue weighted by Crippen LogP contribution is -2.35. The van der Waals surface area contributed by atoms with Gasteiger partial charge in [0.25, 0.3) is 5.91 Å². The molecule has 5 nitrogen and oxygen atoms in total. The van der Waals surface area contributed by atoms with Crippen LogP contribution >= 0.6 is 11.3 Å². The number of thiophene rings is 1. The number of aldehydes is 1. The number of phenols is 1. The molecular weight excluding hydrogens is 348 g/mol. The zero-order valence-corrected chi connectivity index (χ0v) is 14.8. The lowest BCUT2D eigenvalue weighted by molar-refractivity contribution is 0.0944. The van der Waals surface area contributed by atoms with Crippen LogP contribution in [0, 0.1) is 0 Å². The normalized spacial score (nSPS) is 16.7. The molecule has 1 amide bonds. The molecule has 2 aromatic carbocycles. The number of rotatable bonds is 4. The number of fused-ring (bicyclic) bond motifs is 1. The third-order valence-electron chi connectivity index (χ3n) is 4.67. The van der Waals surface area contributed by atoms with Crippen LogP contribution in [0.1, 0.15) is 26.5 Å². The predicted octanol–water partition coefficient (Wildman–Crippen LogP) is 3.18. The average Bonchev–Trinajstić information content (AvgIpc) is 3.33. The molecule has 0 radical (unpaired) electrons. The molecule has 0 spiro atoms. The third kappa shape index (κ3) is 3.09. The summed E-state index contributed by atoms with van der Waals surface area (Å²) < 4.78 is 0. The van der Waals surface area contributed by atoms with Gasteiger partial charge in [-0.2, -0.15) is 0 Å². The molecule has 1 aliphatic heterocycles. The summed E-state index contributed by atoms with van der Waals surface area (Å²) in [6.45, 7) is 1.76. The Morgan fingerprint density at radius 1 is 1.23 bits per heavy atom. The fourth-order valence-corrected chi connectivity index (χ4v) is 4.17. The minimum atomic E-state index is -0.0381. The van der Waals surface area contributed by atoms with Crippen molar-refractivity contribution in [2.45, 2.75) is 12.5 Å². The van der Waals surface area contributed by atoms with Gasteiger partial charge < -0.3 is 15.7 Å². The molecule has 4 rings (SSSR count). The molecule has 2 heterocycles. The smallest absolute Gasteiger partial charge is 0.261 e. The van der Waals surface area contributed by atoms with Gasteiger partial charge in [0, 0.05) is 17.5 Å². The van der Waals surface area contributed by atoms with E-state index in [1.54, 1.807) is 6.07 Å². The first kappa shape index (κ1) is 16.8. The first-order valence-corrected chi connectivity index (χ1v) is 9.30. The molecule has 3 aromatic rings. The number of hydrogen-bond donors (Lipinski definition) is 3. The molecule has 132 valence electrons. The lowest BCUT2D eigenvalue weighted by atomic mass is 10.0. The number of phenolic OH excluding ortho intramolecular Hbond substituents is 1. The number of hydrogen-bond acceptors (Lipinski definition) is 5. The Balaban J connectivity index is 1.61. The molecule has 0 bridgehead atoms. The number of amides is 1. The van der Waals surface area contributed by atoms with Crippen LogP contribution in [0.25, 0.3) is 21.2 Å². The first-order valence-electron chi connectivity index (χ1n) is 8.48. The van der Waals surface area contributed by atoms with Crippen LogP contribution in [-0.2, 0) is 0 Å². The fourth-order valence-electron chi connectivity index (χ4n) is 3.27. The Bertz CT molecular complexity index is 990. The van der Waals surface area contributed by atoms with Gasteiger partial charge in [0.2, 0.25) is 0 Å². The van der Waals surface area contributed by atoms with E-state index in [0.717, 1.165) is 35.3 Å². The largest absolute Gasteiger partial charge is 0.507 e. The Hall–Kier alpha value is -2.70. The van der Waals surface area contributed by atoms with E-state index in [1.165, 1.54) is 17.4 Å². The van der Waals surface area contributed by atoms with E-state index in [4.69, 9.17) is 0 Å². The topological polar surface area (TPSA) is 78.4 Å². The highest BCUT2D eigenvalue weighted by molar-refractivity contribution is 7.17. The van der Waals surface area contributed by atoms with E-state index >= 15 is 0 Å². The summed E-state index contributed by atoms with van der Waals surface area (Å²) in [5, 5.41) is 17.7. The maximum Gasteiger partial charge on any atom is 0.261 e. The van der Waals surface area contributed by atoms with Crippen molar-refractivity contribution in [1.29, 1.82) is 0 Å². The van der Waals surface area contributed by atoms with Crippen molar-refractivity contribution in [3.05, 3.63) is 52.9 Å². The summed E-state index contributed by atoms with van der Waals surface area (Å²) in [6, 6.07) is 13.0. The fraction of sp³-hybridized carbons (Fsp3) is 0.200. The monoisotopic (exact) mass is 366 g/mol. The highest BCUT2D eigenvalue weighted by Crippen LogP contribution is 2.33. The van der Waals surface area contributed by atoms with Crippen LogP contribution < -0.4 is 10.6 Å². The van der Waals surface area contributed by atoms with Gasteiger partial charge in [-0.25, -0.2) is 0 Å². The Kier molecular flexibility index (Phi) is 4.44. The second-order valence-electron chi connectivity index (χ2n) is 6.38. The summed E-state index contributed by atoms with van der Waals surface area (Å²) in [7, 11) is 0. The quantitative estimate of drug-likeness (QED) is 0.620. The Morgan fingerprint density at radius 3 is 2.88 bits per heavy atom. The van der Waals surface area contributed by atoms with Gasteiger partial charge in [-0.15, -0.1) is 11.3 Å². The number of carbonyl (C=O) groups excluding carboxylic acids is 2. The molecule has 0 aliphatic carbocycles. The number of benzene rings is 2. The van der Waals surface area contributed by atoms with Crippen LogP contribution in [0.2, 0.25) is 0 Å². The zero-order valence-electron chi connectivity index (χ0n) is 14.0. The lowest BCUT2D eigenvalue weighted by Gasteiger charge is -2.09. The molecule has 1 saturated heterocycles. The third-order valence-corrected chi connectivity index (χ3v) is 5.80. The van der Waals surface area contributed by atoms with E-state index < -0.39 is 0 Å². The molecule has 1 aliphatic rings. The Labute approximate surface area is 154 Å². The van der Waals surface area contributed by atoms with Gasteiger partial charge in [0.05, 0.1) is 10.4 Å². The van der Waals surface area contributed by atoms with Crippen LogP contribution in [0.4, 0.5) is 0 Å². The van der Waals surface area contributed by atoms with Crippen molar-refractivity contribution in [1.82, 2.24) is 10.6 Å². The minimum absolute atomic E-state index is 0.0169. The van der Waals surface area contributed by atoms with E-state index in [0.29, 0.717) is 22.1 Å². The summed E-state index contributed by atoms with van der Waals surface area (Å²) in [4.78, 5) is 25.3. The van der Waals surface area contributed by atoms with Crippen LogP contribution in [-0.4, -0.2) is 36.4 Å². The van der Waals surface area contributed by atoms with Crippen molar-refractivity contribution in [2.75, 3.05) is 13.1 Å². The van der Waals surface area contributed by atoms with Gasteiger partial charge >= 0.3 is 0 Å². The zero-order chi connectivity index (χ0) is 18.1. The molecule has 3 N–H and O–H groups in total. The average molecular weight is 366 g/mol. The Morgan fingerprint density at radius 2 is 2.12 bits per heavy atom. The molecule has 26 heavy (non-hydrogen) atoms.